The molecule has 0 radical (unpaired) electrons. The number of ether oxygens (including phenoxy) is 2. The molecule has 0 spiro atoms. The Bertz CT molecular complexity index is 907. The zero-order valence-electron chi connectivity index (χ0n) is 13.8. The van der Waals surface area contributed by atoms with Gasteiger partial charge in [0.1, 0.15) is 11.6 Å². The molecule has 9 heteroatoms. The number of alkyl halides is 2. The van der Waals surface area contributed by atoms with Gasteiger partial charge in [0.15, 0.2) is 11.5 Å². The van der Waals surface area contributed by atoms with Crippen molar-refractivity contribution in [1.29, 1.82) is 5.26 Å². The van der Waals surface area contributed by atoms with Gasteiger partial charge in [-0.2, -0.15) is 14.0 Å². The van der Waals surface area contributed by atoms with Gasteiger partial charge in [0.25, 0.3) is 5.91 Å². The Balaban J connectivity index is 2.26. The van der Waals surface area contributed by atoms with Gasteiger partial charge in [-0.05, 0) is 42.0 Å². The first-order valence-corrected chi connectivity index (χ1v) is 8.10. The molecule has 0 saturated carbocycles. The minimum Gasteiger partial charge on any atom is -0.493 e. The van der Waals surface area contributed by atoms with Gasteiger partial charge >= 0.3 is 6.61 Å². The Labute approximate surface area is 163 Å². The fourth-order valence-electron chi connectivity index (χ4n) is 2.11. The molecular formula is C18H12Cl2F2N2O3. The third kappa shape index (κ3) is 5.84. The minimum absolute atomic E-state index is 0.0309. The van der Waals surface area contributed by atoms with E-state index < -0.39 is 12.5 Å². The monoisotopic (exact) mass is 412 g/mol. The normalized spacial score (nSPS) is 11.1. The molecule has 0 aliphatic heterocycles. The van der Waals surface area contributed by atoms with E-state index in [-0.39, 0.29) is 17.1 Å². The largest absolute Gasteiger partial charge is 0.493 e. The van der Waals surface area contributed by atoms with Gasteiger partial charge in [0, 0.05) is 15.7 Å². The number of nitriles is 1. The van der Waals surface area contributed by atoms with Crippen molar-refractivity contribution >= 4 is 40.9 Å². The molecule has 2 rings (SSSR count). The summed E-state index contributed by atoms with van der Waals surface area (Å²) in [4.78, 5) is 12.3. The van der Waals surface area contributed by atoms with Crippen molar-refractivity contribution in [3.05, 3.63) is 57.6 Å². The van der Waals surface area contributed by atoms with E-state index in [4.69, 9.17) is 27.9 Å². The lowest BCUT2D eigenvalue weighted by Gasteiger charge is -2.10. The minimum atomic E-state index is -3.01. The molecule has 0 saturated heterocycles. The van der Waals surface area contributed by atoms with Crippen LogP contribution >= 0.6 is 23.2 Å². The van der Waals surface area contributed by atoms with E-state index in [9.17, 15) is 18.8 Å². The van der Waals surface area contributed by atoms with Gasteiger partial charge < -0.3 is 14.8 Å². The molecule has 5 nitrogen and oxygen atoms in total. The number of nitrogens with one attached hydrogen (secondary N) is 1. The number of benzene rings is 2. The van der Waals surface area contributed by atoms with Gasteiger partial charge in [-0.1, -0.05) is 29.3 Å². The van der Waals surface area contributed by atoms with Crippen LogP contribution in [0.15, 0.2) is 42.0 Å². The van der Waals surface area contributed by atoms with Crippen molar-refractivity contribution in [1.82, 2.24) is 0 Å². The zero-order valence-corrected chi connectivity index (χ0v) is 15.3. The second kappa shape index (κ2) is 9.21. The van der Waals surface area contributed by atoms with Crippen LogP contribution in [0.4, 0.5) is 14.5 Å². The van der Waals surface area contributed by atoms with Crippen LogP contribution in [0.25, 0.3) is 6.08 Å². The highest BCUT2D eigenvalue weighted by Crippen LogP contribution is 2.30. The van der Waals surface area contributed by atoms with E-state index in [1.54, 1.807) is 6.07 Å². The first-order chi connectivity index (χ1) is 12.8. The number of rotatable bonds is 6. The molecule has 0 bridgehead atoms. The van der Waals surface area contributed by atoms with E-state index in [1.807, 2.05) is 0 Å². The summed E-state index contributed by atoms with van der Waals surface area (Å²) in [6, 6.07) is 10.2. The lowest BCUT2D eigenvalue weighted by atomic mass is 10.1. The summed E-state index contributed by atoms with van der Waals surface area (Å²) < 4.78 is 34.0. The van der Waals surface area contributed by atoms with Gasteiger partial charge in [-0.3, -0.25) is 4.79 Å². The summed E-state index contributed by atoms with van der Waals surface area (Å²) in [6.45, 7) is -3.01. The Morgan fingerprint density at radius 3 is 2.41 bits per heavy atom. The van der Waals surface area contributed by atoms with Crippen LogP contribution in [0.5, 0.6) is 11.5 Å². The van der Waals surface area contributed by atoms with Gasteiger partial charge in [-0.15, -0.1) is 0 Å². The molecule has 140 valence electrons. The number of methoxy groups -OCH3 is 1. The maximum absolute atomic E-state index is 12.4. The van der Waals surface area contributed by atoms with Crippen molar-refractivity contribution in [2.24, 2.45) is 0 Å². The fraction of sp³-hybridized carbons (Fsp3) is 0.111. The lowest BCUT2D eigenvalue weighted by Crippen LogP contribution is -2.13. The first kappa shape index (κ1) is 20.5. The van der Waals surface area contributed by atoms with Gasteiger partial charge in [0.05, 0.1) is 7.11 Å². The summed E-state index contributed by atoms with van der Waals surface area (Å²) in [7, 11) is 1.28. The van der Waals surface area contributed by atoms with E-state index in [1.165, 1.54) is 49.6 Å². The van der Waals surface area contributed by atoms with E-state index in [0.29, 0.717) is 21.3 Å². The summed E-state index contributed by atoms with van der Waals surface area (Å²) in [5.74, 6) is -0.827. The third-order valence-electron chi connectivity index (χ3n) is 3.20. The molecular weight excluding hydrogens is 401 g/mol. The molecule has 0 unspecified atom stereocenters. The SMILES string of the molecule is COc1cc(C=C(C#N)C(=O)Nc2cc(Cl)cc(Cl)c2)ccc1OC(F)F. The van der Waals surface area contributed by atoms with Crippen LogP contribution in [-0.4, -0.2) is 19.6 Å². The zero-order chi connectivity index (χ0) is 20.0. The second-order valence-electron chi connectivity index (χ2n) is 5.07. The maximum Gasteiger partial charge on any atom is 0.387 e. The van der Waals surface area contributed by atoms with Gasteiger partial charge in [0.2, 0.25) is 0 Å². The van der Waals surface area contributed by atoms with E-state index in [0.717, 1.165) is 0 Å². The number of amides is 1. The molecule has 0 aromatic heterocycles. The number of halogens is 4. The predicted molar refractivity (Wildman–Crippen MR) is 98.3 cm³/mol. The van der Waals surface area contributed by atoms with Crippen LogP contribution in [0.3, 0.4) is 0 Å². The Morgan fingerprint density at radius 1 is 1.19 bits per heavy atom. The number of hydrogen-bond acceptors (Lipinski definition) is 4. The molecule has 0 heterocycles. The van der Waals surface area contributed by atoms with Crippen LogP contribution in [0, 0.1) is 11.3 Å². The Hall–Kier alpha value is -2.82. The molecule has 2 aromatic rings. The Kier molecular flexibility index (Phi) is 6.99. The topological polar surface area (TPSA) is 71.3 Å². The molecule has 0 atom stereocenters. The van der Waals surface area contributed by atoms with Crippen molar-refractivity contribution in [3.8, 4) is 17.6 Å². The maximum atomic E-state index is 12.4. The number of hydrogen-bond donors (Lipinski definition) is 1. The van der Waals surface area contributed by atoms with Gasteiger partial charge in [-0.25, -0.2) is 0 Å². The lowest BCUT2D eigenvalue weighted by molar-refractivity contribution is -0.112. The van der Waals surface area contributed by atoms with Crippen molar-refractivity contribution < 1.29 is 23.0 Å². The average molecular weight is 413 g/mol. The molecule has 0 aliphatic carbocycles. The van der Waals surface area contributed by atoms with Crippen LogP contribution < -0.4 is 14.8 Å². The number of anilines is 1. The van der Waals surface area contributed by atoms with Crippen molar-refractivity contribution in [2.75, 3.05) is 12.4 Å². The second-order valence-corrected chi connectivity index (χ2v) is 5.94. The van der Waals surface area contributed by atoms with E-state index in [2.05, 4.69) is 10.1 Å². The quantitative estimate of drug-likeness (QED) is 0.525. The standard InChI is InChI=1S/C18H12Cl2F2N2O3/c1-26-16-5-10(2-3-15(16)27-18(21)22)4-11(9-23)17(25)24-14-7-12(19)6-13(20)8-14/h2-8,18H,1H3,(H,24,25). The average Bonchev–Trinajstić information content (AvgIpc) is 2.59. The van der Waals surface area contributed by atoms with Crippen molar-refractivity contribution in [2.45, 2.75) is 6.61 Å². The first-order valence-electron chi connectivity index (χ1n) is 7.34. The highest BCUT2D eigenvalue weighted by Gasteiger charge is 2.13. The highest BCUT2D eigenvalue weighted by molar-refractivity contribution is 6.35. The molecule has 0 fully saturated rings. The molecule has 1 N–H and O–H groups in total. The third-order valence-corrected chi connectivity index (χ3v) is 3.64. The van der Waals surface area contributed by atoms with Crippen LogP contribution in [-0.2, 0) is 4.79 Å². The summed E-state index contributed by atoms with van der Waals surface area (Å²) in [6.07, 6.45) is 1.27. The Morgan fingerprint density at radius 2 is 1.85 bits per heavy atom. The number of nitrogens with zero attached hydrogens (tertiary/aromatic N) is 1. The summed E-state index contributed by atoms with van der Waals surface area (Å²) in [5.41, 5.74) is 0.469. The molecule has 0 aliphatic rings. The predicted octanol–water partition coefficient (Wildman–Crippen LogP) is 5.15. The fourth-order valence-corrected chi connectivity index (χ4v) is 2.63. The molecule has 2 aromatic carbocycles. The van der Waals surface area contributed by atoms with Crippen molar-refractivity contribution in [3.63, 3.8) is 0 Å². The smallest absolute Gasteiger partial charge is 0.387 e. The summed E-state index contributed by atoms with van der Waals surface area (Å²) >= 11 is 11.7. The van der Waals surface area contributed by atoms with Crippen LogP contribution in [0.2, 0.25) is 10.0 Å². The van der Waals surface area contributed by atoms with Crippen LogP contribution in [0.1, 0.15) is 5.56 Å². The number of carbonyl (C=O) groups is 1. The number of carbonyl (C=O) groups excluding carboxylic acids is 1. The highest BCUT2D eigenvalue weighted by atomic mass is 35.5. The van der Waals surface area contributed by atoms with E-state index >= 15 is 0 Å². The summed E-state index contributed by atoms with van der Waals surface area (Å²) in [5, 5.41) is 12.4. The molecule has 27 heavy (non-hydrogen) atoms. The molecule has 1 amide bonds.